The zero-order valence-electron chi connectivity index (χ0n) is 23.8. The van der Waals surface area contributed by atoms with Gasteiger partial charge in [0.1, 0.15) is 5.69 Å². The van der Waals surface area contributed by atoms with Crippen LogP contribution in [0.5, 0.6) is 0 Å². The topological polar surface area (TPSA) is 54.9 Å². The monoisotopic (exact) mass is 537 g/mol. The molecular formula is C31H43N3O3S. The molecule has 0 spiro atoms. The smallest absolute Gasteiger partial charge is 0.206 e. The second-order valence-electron chi connectivity index (χ2n) is 12.5. The van der Waals surface area contributed by atoms with Gasteiger partial charge in [0.25, 0.3) is 0 Å². The van der Waals surface area contributed by atoms with Crippen molar-refractivity contribution in [1.29, 1.82) is 0 Å². The number of morpholine rings is 2. The Labute approximate surface area is 231 Å². The number of anilines is 2. The Balaban J connectivity index is 1.55. The summed E-state index contributed by atoms with van der Waals surface area (Å²) in [5, 5.41) is 0. The Morgan fingerprint density at radius 1 is 0.921 bits per heavy atom. The molecule has 3 heterocycles. The van der Waals surface area contributed by atoms with E-state index in [1.807, 2.05) is 0 Å². The summed E-state index contributed by atoms with van der Waals surface area (Å²) in [6.07, 6.45) is 4.07. The number of nitrogens with zero attached hydrogens (tertiary/aromatic N) is 3. The maximum absolute atomic E-state index is 14.1. The van der Waals surface area contributed by atoms with E-state index in [-0.39, 0.29) is 10.8 Å². The maximum Gasteiger partial charge on any atom is 0.206 e. The van der Waals surface area contributed by atoms with Crippen LogP contribution in [0.3, 0.4) is 0 Å². The lowest BCUT2D eigenvalue weighted by atomic mass is 9.71. The van der Waals surface area contributed by atoms with Crippen LogP contribution in [-0.4, -0.2) is 57.6 Å². The highest BCUT2D eigenvalue weighted by Crippen LogP contribution is 2.41. The molecule has 2 fully saturated rings. The quantitative estimate of drug-likeness (QED) is 0.318. The number of benzene rings is 2. The minimum atomic E-state index is 0.162. The molecule has 5 rings (SSSR count). The Bertz CT molecular complexity index is 1290. The lowest BCUT2D eigenvalue weighted by Gasteiger charge is -2.35. The van der Waals surface area contributed by atoms with Crippen LogP contribution in [0.2, 0.25) is 0 Å². The van der Waals surface area contributed by atoms with E-state index in [0.717, 1.165) is 97.1 Å². The Hall–Kier alpha value is -2.22. The van der Waals surface area contributed by atoms with E-state index in [9.17, 15) is 4.79 Å². The number of fused-ring (bicyclic) bond motifs is 2. The molecule has 6 nitrogen and oxygen atoms in total. The van der Waals surface area contributed by atoms with Crippen molar-refractivity contribution in [1.82, 2.24) is 4.98 Å². The lowest BCUT2D eigenvalue weighted by Crippen LogP contribution is -2.39. The van der Waals surface area contributed by atoms with Crippen molar-refractivity contribution in [3.63, 3.8) is 0 Å². The van der Waals surface area contributed by atoms with Crippen molar-refractivity contribution in [3.05, 3.63) is 40.1 Å². The maximum atomic E-state index is 14.1. The van der Waals surface area contributed by atoms with Gasteiger partial charge in [-0.25, -0.2) is 4.98 Å². The number of aryl methyl sites for hydroxylation is 1. The van der Waals surface area contributed by atoms with Gasteiger partial charge in [-0.15, -0.1) is 11.3 Å². The van der Waals surface area contributed by atoms with E-state index in [2.05, 4.69) is 68.7 Å². The van der Waals surface area contributed by atoms with Crippen molar-refractivity contribution in [2.24, 2.45) is 10.8 Å². The molecule has 38 heavy (non-hydrogen) atoms. The molecule has 0 bridgehead atoms. The fourth-order valence-electron chi connectivity index (χ4n) is 6.03. The van der Waals surface area contributed by atoms with Gasteiger partial charge in [0.2, 0.25) is 5.43 Å². The van der Waals surface area contributed by atoms with Gasteiger partial charge in [0, 0.05) is 37.4 Å². The van der Waals surface area contributed by atoms with Crippen molar-refractivity contribution in [3.8, 4) is 10.6 Å². The van der Waals surface area contributed by atoms with Gasteiger partial charge in [-0.05, 0) is 54.4 Å². The number of ether oxygens (including phenoxy) is 2. The van der Waals surface area contributed by atoms with Crippen molar-refractivity contribution in [2.45, 2.75) is 60.3 Å². The molecule has 0 amide bonds. The van der Waals surface area contributed by atoms with E-state index in [0.29, 0.717) is 18.6 Å². The van der Waals surface area contributed by atoms with Crippen LogP contribution in [0.4, 0.5) is 11.4 Å². The van der Waals surface area contributed by atoms with Crippen LogP contribution in [0.15, 0.2) is 29.1 Å². The van der Waals surface area contributed by atoms with Crippen molar-refractivity contribution < 1.29 is 9.47 Å². The molecule has 1 aromatic rings. The number of aromatic nitrogens is 1. The van der Waals surface area contributed by atoms with E-state index < -0.39 is 0 Å². The SMILES string of the molecule is CCC(C)(C)CC(C)(C)CCc1cc2nc3ccc(N4CCOCC4)cc3sc-2c(N2CCOCC2)c1=O. The van der Waals surface area contributed by atoms with Crippen LogP contribution in [0.25, 0.3) is 20.8 Å². The third kappa shape index (κ3) is 6.00. The van der Waals surface area contributed by atoms with Gasteiger partial charge in [0.15, 0.2) is 0 Å². The highest BCUT2D eigenvalue weighted by atomic mass is 32.1. The summed E-state index contributed by atoms with van der Waals surface area (Å²) in [5.41, 5.74) is 5.47. The molecule has 206 valence electrons. The first-order chi connectivity index (χ1) is 18.2. The van der Waals surface area contributed by atoms with Gasteiger partial charge in [-0.2, -0.15) is 0 Å². The second kappa shape index (κ2) is 11.1. The molecule has 0 saturated carbocycles. The minimum absolute atomic E-state index is 0.162. The lowest BCUT2D eigenvalue weighted by molar-refractivity contribution is 0.122. The van der Waals surface area contributed by atoms with Crippen LogP contribution >= 0.6 is 11.3 Å². The average molecular weight is 538 g/mol. The zero-order valence-corrected chi connectivity index (χ0v) is 24.6. The fraction of sp³-hybridized carbons (Fsp3) is 0.613. The summed E-state index contributed by atoms with van der Waals surface area (Å²) in [4.78, 5) is 24.8. The average Bonchev–Trinajstić information content (AvgIpc) is 2.91. The predicted molar refractivity (Wildman–Crippen MR) is 159 cm³/mol. The van der Waals surface area contributed by atoms with Gasteiger partial charge in [0.05, 0.1) is 47.2 Å². The fourth-order valence-corrected chi connectivity index (χ4v) is 7.18. The third-order valence-corrected chi connectivity index (χ3v) is 9.50. The Morgan fingerprint density at radius 2 is 1.58 bits per heavy atom. The van der Waals surface area contributed by atoms with Gasteiger partial charge in [-0.1, -0.05) is 41.0 Å². The standard InChI is InChI=1S/C31H43N3O3S/c1-6-30(2,3)21-31(4,5)10-9-22-19-25-29(27(28(22)35)34-13-17-37-18-14-34)38-26-20-23(7-8-24(26)32-25)33-11-15-36-16-12-33/h7-8,19-20H,6,9-18,21H2,1-5H3. The van der Waals surface area contributed by atoms with Crippen LogP contribution < -0.4 is 15.2 Å². The molecule has 0 N–H and O–H groups in total. The molecule has 3 aliphatic heterocycles. The molecule has 2 saturated heterocycles. The molecular weight excluding hydrogens is 494 g/mol. The Morgan fingerprint density at radius 3 is 2.24 bits per heavy atom. The molecule has 1 aliphatic carbocycles. The molecule has 0 aromatic heterocycles. The minimum Gasteiger partial charge on any atom is -0.378 e. The normalized spacial score (nSPS) is 17.5. The second-order valence-corrected chi connectivity index (χ2v) is 13.5. The molecule has 0 radical (unpaired) electrons. The van der Waals surface area contributed by atoms with E-state index >= 15 is 0 Å². The zero-order chi connectivity index (χ0) is 26.9. The molecule has 7 heteroatoms. The number of rotatable bonds is 8. The molecule has 4 aliphatic rings. The van der Waals surface area contributed by atoms with Crippen molar-refractivity contribution >= 4 is 32.9 Å². The summed E-state index contributed by atoms with van der Waals surface area (Å²) in [6, 6.07) is 8.61. The summed E-state index contributed by atoms with van der Waals surface area (Å²) in [5.74, 6) is 0. The largest absolute Gasteiger partial charge is 0.378 e. The number of hydrogen-bond donors (Lipinski definition) is 0. The molecule has 1 aromatic carbocycles. The van der Waals surface area contributed by atoms with Gasteiger partial charge >= 0.3 is 0 Å². The first-order valence-corrected chi connectivity index (χ1v) is 15.0. The van der Waals surface area contributed by atoms with Gasteiger partial charge in [-0.3, -0.25) is 4.79 Å². The predicted octanol–water partition coefficient (Wildman–Crippen LogP) is 6.22. The first-order valence-electron chi connectivity index (χ1n) is 14.2. The molecule has 0 atom stereocenters. The van der Waals surface area contributed by atoms with E-state index in [1.54, 1.807) is 11.3 Å². The van der Waals surface area contributed by atoms with E-state index in [1.165, 1.54) is 5.69 Å². The third-order valence-electron chi connectivity index (χ3n) is 8.35. The van der Waals surface area contributed by atoms with Crippen molar-refractivity contribution in [2.75, 3.05) is 62.4 Å². The molecule has 0 unspecified atom stereocenters. The highest BCUT2D eigenvalue weighted by molar-refractivity contribution is 7.22. The highest BCUT2D eigenvalue weighted by Gasteiger charge is 2.29. The summed E-state index contributed by atoms with van der Waals surface area (Å²) in [6.45, 7) is 17.7. The summed E-state index contributed by atoms with van der Waals surface area (Å²) >= 11 is 1.70. The van der Waals surface area contributed by atoms with E-state index in [4.69, 9.17) is 14.5 Å². The summed E-state index contributed by atoms with van der Waals surface area (Å²) in [7, 11) is 0. The van der Waals surface area contributed by atoms with Crippen LogP contribution in [0, 0.1) is 10.8 Å². The van der Waals surface area contributed by atoms with Gasteiger partial charge < -0.3 is 19.3 Å². The first kappa shape index (κ1) is 27.4. The van der Waals surface area contributed by atoms with Crippen LogP contribution in [0.1, 0.15) is 59.4 Å². The number of hydrogen-bond acceptors (Lipinski definition) is 7. The Kier molecular flexibility index (Phi) is 7.99. The summed E-state index contributed by atoms with van der Waals surface area (Å²) < 4.78 is 12.3. The van der Waals surface area contributed by atoms with Crippen LogP contribution in [-0.2, 0) is 15.9 Å².